The molecule has 37 heavy (non-hydrogen) atoms. The fraction of sp³-hybridized carbons (Fsp3) is 0.464. The Morgan fingerprint density at radius 2 is 1.84 bits per heavy atom. The summed E-state index contributed by atoms with van der Waals surface area (Å²) in [7, 11) is 2.08. The molecule has 0 aromatic carbocycles. The van der Waals surface area contributed by atoms with Gasteiger partial charge in [0.25, 0.3) is 0 Å². The third-order valence-corrected chi connectivity index (χ3v) is 8.13. The zero-order chi connectivity index (χ0) is 28.0. The number of nitrogens with two attached hydrogens (primary N) is 2. The number of thiophene rings is 1. The molecule has 0 aliphatic carbocycles. The maximum absolute atomic E-state index is 6.65. The molecule has 0 aliphatic rings. The summed E-state index contributed by atoms with van der Waals surface area (Å²) in [6, 6.07) is 2.12. The maximum Gasteiger partial charge on any atom is 0.141 e. The van der Waals surface area contributed by atoms with Gasteiger partial charge in [0.1, 0.15) is 21.4 Å². The van der Waals surface area contributed by atoms with Crippen LogP contribution in [0.4, 0.5) is 5.69 Å². The van der Waals surface area contributed by atoms with Crippen LogP contribution in [-0.2, 0) is 7.05 Å². The lowest BCUT2D eigenvalue weighted by Crippen LogP contribution is -2.02. The molecule has 204 valence electrons. The lowest BCUT2D eigenvalue weighted by Gasteiger charge is -2.11. The van der Waals surface area contributed by atoms with Crippen molar-refractivity contribution in [2.45, 2.75) is 77.9 Å². The Morgan fingerprint density at radius 3 is 2.35 bits per heavy atom. The first-order valence-electron chi connectivity index (χ1n) is 12.9. The monoisotopic (exact) mass is 560 g/mol. The molecule has 4 aromatic rings. The van der Waals surface area contributed by atoms with E-state index in [1.54, 1.807) is 22.7 Å². The van der Waals surface area contributed by atoms with Crippen molar-refractivity contribution in [2.24, 2.45) is 12.8 Å². The second kappa shape index (κ2) is 17.2. The van der Waals surface area contributed by atoms with Gasteiger partial charge in [0.05, 0.1) is 21.8 Å². The minimum absolute atomic E-state index is 0.351. The average Bonchev–Trinajstić information content (AvgIpc) is 3.61. The lowest BCUT2D eigenvalue weighted by molar-refractivity contribution is 0.714. The Balaban J connectivity index is 0.000000767. The van der Waals surface area contributed by atoms with Crippen LogP contribution in [0.5, 0.6) is 0 Å². The van der Waals surface area contributed by atoms with Gasteiger partial charge in [-0.25, -0.2) is 15.0 Å². The Kier molecular flexibility index (Phi) is 15.2. The zero-order valence-corrected chi connectivity index (χ0v) is 26.1. The van der Waals surface area contributed by atoms with Crippen molar-refractivity contribution in [3.05, 3.63) is 42.4 Å². The van der Waals surface area contributed by atoms with Gasteiger partial charge in [0.15, 0.2) is 0 Å². The van der Waals surface area contributed by atoms with Crippen molar-refractivity contribution in [3.8, 4) is 22.0 Å². The van der Waals surface area contributed by atoms with E-state index in [2.05, 4.69) is 74.6 Å². The van der Waals surface area contributed by atoms with Crippen LogP contribution in [0, 0.1) is 0 Å². The fourth-order valence-corrected chi connectivity index (χ4v) is 6.44. The van der Waals surface area contributed by atoms with E-state index in [1.165, 1.54) is 25.5 Å². The van der Waals surface area contributed by atoms with Gasteiger partial charge in [-0.05, 0) is 24.4 Å². The molecular formula is C28H44N6S3. The number of aromatic nitrogens is 4. The zero-order valence-electron chi connectivity index (χ0n) is 23.7. The maximum atomic E-state index is 6.65. The average molecular weight is 561 g/mol. The van der Waals surface area contributed by atoms with Crippen molar-refractivity contribution in [1.82, 2.24) is 19.5 Å². The number of pyridine rings is 1. The number of anilines is 1. The van der Waals surface area contributed by atoms with Crippen LogP contribution >= 0.6 is 34.4 Å². The van der Waals surface area contributed by atoms with E-state index in [9.17, 15) is 0 Å². The molecule has 4 aromatic heterocycles. The van der Waals surface area contributed by atoms with E-state index in [4.69, 9.17) is 10.7 Å². The van der Waals surface area contributed by atoms with Crippen LogP contribution in [0.25, 0.3) is 32.2 Å². The van der Waals surface area contributed by atoms with Gasteiger partial charge in [-0.1, -0.05) is 67.9 Å². The molecule has 0 saturated carbocycles. The highest BCUT2D eigenvalue weighted by Gasteiger charge is 2.21. The number of thioether (sulfide) groups is 1. The second-order valence-corrected chi connectivity index (χ2v) is 11.5. The van der Waals surface area contributed by atoms with Crippen molar-refractivity contribution >= 4 is 50.3 Å². The highest BCUT2D eigenvalue weighted by molar-refractivity contribution is 8.01. The van der Waals surface area contributed by atoms with E-state index >= 15 is 0 Å². The standard InChI is InChI=1S/C21H25N5S3.C3H8.C2H5N.C2H6/c1-5-6-8-28-21-17(22)16-13(15-11-24-18(12(2)3)26(15)4)10-14(25-20(16)29-21)19-23-7-9-27-19;1-3-2;1-2-3;1-2/h7,9-12H,5-6,8,22H2,1-4H3;3H2,1-2H3;2H,1,3H2;1-2H3. The Morgan fingerprint density at radius 1 is 1.19 bits per heavy atom. The van der Waals surface area contributed by atoms with Crippen LogP contribution in [-0.4, -0.2) is 25.3 Å². The van der Waals surface area contributed by atoms with Gasteiger partial charge >= 0.3 is 0 Å². The van der Waals surface area contributed by atoms with Crippen LogP contribution in [0.3, 0.4) is 0 Å². The Hall–Kier alpha value is -2.36. The highest BCUT2D eigenvalue weighted by Crippen LogP contribution is 2.45. The largest absolute Gasteiger partial charge is 0.405 e. The molecule has 4 rings (SSSR count). The lowest BCUT2D eigenvalue weighted by atomic mass is 10.1. The van der Waals surface area contributed by atoms with Gasteiger partial charge in [0, 0.05) is 35.5 Å². The van der Waals surface area contributed by atoms with Crippen LogP contribution in [0.1, 0.15) is 79.5 Å². The molecular weight excluding hydrogens is 517 g/mol. The van der Waals surface area contributed by atoms with Crippen molar-refractivity contribution in [3.63, 3.8) is 0 Å². The predicted molar refractivity (Wildman–Crippen MR) is 169 cm³/mol. The first-order valence-corrected chi connectivity index (χ1v) is 15.6. The number of nitrogen functional groups attached to an aromatic ring is 1. The van der Waals surface area contributed by atoms with Crippen molar-refractivity contribution < 1.29 is 0 Å². The normalized spacial score (nSPS) is 10.2. The third-order valence-electron chi connectivity index (χ3n) is 4.86. The van der Waals surface area contributed by atoms with E-state index in [0.717, 1.165) is 53.6 Å². The number of hydrogen-bond donors (Lipinski definition) is 2. The first-order chi connectivity index (χ1) is 17.8. The highest BCUT2D eigenvalue weighted by atomic mass is 32.2. The number of nitrogens with zero attached hydrogens (tertiary/aromatic N) is 4. The number of hydrogen-bond acceptors (Lipinski definition) is 8. The summed E-state index contributed by atoms with van der Waals surface area (Å²) in [5.74, 6) is 2.49. The molecule has 0 amide bonds. The van der Waals surface area contributed by atoms with Crippen LogP contribution < -0.4 is 11.5 Å². The van der Waals surface area contributed by atoms with Gasteiger partial charge in [0.2, 0.25) is 0 Å². The van der Waals surface area contributed by atoms with Crippen molar-refractivity contribution in [2.75, 3.05) is 11.5 Å². The fourth-order valence-electron chi connectivity index (χ4n) is 3.39. The molecule has 4 N–H and O–H groups in total. The third kappa shape index (κ3) is 8.58. The quantitative estimate of drug-likeness (QED) is 0.173. The molecule has 0 fully saturated rings. The molecule has 0 unspecified atom stereocenters. The summed E-state index contributed by atoms with van der Waals surface area (Å²) >= 11 is 5.13. The number of unbranched alkanes of at least 4 members (excludes halogenated alkanes) is 1. The van der Waals surface area contributed by atoms with E-state index in [0.29, 0.717) is 5.92 Å². The molecule has 0 radical (unpaired) electrons. The summed E-state index contributed by atoms with van der Waals surface area (Å²) in [6.45, 7) is 17.9. The summed E-state index contributed by atoms with van der Waals surface area (Å²) < 4.78 is 3.33. The first kappa shape index (κ1) is 32.7. The van der Waals surface area contributed by atoms with Crippen molar-refractivity contribution in [1.29, 1.82) is 0 Å². The summed E-state index contributed by atoms with van der Waals surface area (Å²) in [5.41, 5.74) is 15.1. The summed E-state index contributed by atoms with van der Waals surface area (Å²) in [6.07, 6.45) is 8.64. The minimum atomic E-state index is 0.351. The minimum Gasteiger partial charge on any atom is -0.405 e. The SMILES string of the molecule is C=CN.CC.CCC.CCCCSc1sc2nc(-c3nccs3)cc(-c3cnc(C(C)C)n3C)c2c1N. The second-order valence-electron chi connectivity index (χ2n) is 8.24. The number of imidazole rings is 1. The van der Waals surface area contributed by atoms with Gasteiger partial charge < -0.3 is 16.0 Å². The summed E-state index contributed by atoms with van der Waals surface area (Å²) in [4.78, 5) is 15.0. The van der Waals surface area contributed by atoms with E-state index in [1.807, 2.05) is 43.4 Å². The number of fused-ring (bicyclic) bond motifs is 1. The van der Waals surface area contributed by atoms with Gasteiger partial charge in [-0.3, -0.25) is 0 Å². The number of thiazole rings is 1. The molecule has 0 bridgehead atoms. The predicted octanol–water partition coefficient (Wildman–Crippen LogP) is 8.95. The molecule has 0 spiro atoms. The van der Waals surface area contributed by atoms with Gasteiger partial charge in [-0.2, -0.15) is 0 Å². The number of rotatable bonds is 7. The molecule has 4 heterocycles. The molecule has 0 atom stereocenters. The summed E-state index contributed by atoms with van der Waals surface area (Å²) in [5, 5.41) is 3.94. The molecule has 0 saturated heterocycles. The topological polar surface area (TPSA) is 95.6 Å². The molecule has 0 aliphatic heterocycles. The van der Waals surface area contributed by atoms with Gasteiger partial charge in [-0.15, -0.1) is 34.4 Å². The Bertz CT molecular complexity index is 1190. The van der Waals surface area contributed by atoms with E-state index in [-0.39, 0.29) is 0 Å². The van der Waals surface area contributed by atoms with Crippen LogP contribution in [0.2, 0.25) is 0 Å². The van der Waals surface area contributed by atoms with E-state index < -0.39 is 0 Å². The molecule has 6 nitrogen and oxygen atoms in total. The molecule has 9 heteroatoms. The smallest absolute Gasteiger partial charge is 0.141 e. The van der Waals surface area contributed by atoms with Crippen LogP contribution in [0.15, 0.2) is 40.8 Å². The Labute approximate surface area is 235 Å².